The summed E-state index contributed by atoms with van der Waals surface area (Å²) in [5, 5.41) is 7.43. The van der Waals surface area contributed by atoms with Gasteiger partial charge in [-0.15, -0.1) is 0 Å². The molecule has 1 aromatic heterocycles. The number of halogens is 3. The molecule has 0 bridgehead atoms. The van der Waals surface area contributed by atoms with Gasteiger partial charge in [-0.05, 0) is 29.8 Å². The summed E-state index contributed by atoms with van der Waals surface area (Å²) in [4.78, 5) is 12.3. The highest BCUT2D eigenvalue weighted by molar-refractivity contribution is 6.30. The number of anilines is 1. The van der Waals surface area contributed by atoms with Gasteiger partial charge < -0.3 is 10.1 Å². The molecule has 3 aromatic rings. The van der Waals surface area contributed by atoms with E-state index in [9.17, 15) is 13.6 Å². The van der Waals surface area contributed by atoms with Gasteiger partial charge in [0.1, 0.15) is 5.75 Å². The first kappa shape index (κ1) is 17.9. The standard InChI is InChI=1S/C18H14ClF2N3O2/c19-13-7-5-12(6-8-13)10-24-11-14(9-22-24)23-17(25)15-3-1-2-4-16(15)26-18(20)21/h1-9,11,18H,10H2,(H,23,25). The zero-order chi connectivity index (χ0) is 18.5. The number of carbonyl (C=O) groups is 1. The summed E-state index contributed by atoms with van der Waals surface area (Å²) in [7, 11) is 0. The number of nitrogens with one attached hydrogen (secondary N) is 1. The predicted octanol–water partition coefficient (Wildman–Crippen LogP) is 4.44. The minimum Gasteiger partial charge on any atom is -0.434 e. The molecule has 0 fully saturated rings. The Morgan fingerprint density at radius 3 is 2.65 bits per heavy atom. The van der Waals surface area contributed by atoms with Crippen LogP contribution >= 0.6 is 11.6 Å². The fraction of sp³-hybridized carbons (Fsp3) is 0.111. The normalized spacial score (nSPS) is 10.8. The van der Waals surface area contributed by atoms with E-state index < -0.39 is 12.5 Å². The second kappa shape index (κ2) is 7.97. The van der Waals surface area contributed by atoms with Crippen molar-refractivity contribution >= 4 is 23.2 Å². The van der Waals surface area contributed by atoms with Crippen molar-refractivity contribution in [2.75, 3.05) is 5.32 Å². The first-order valence-corrected chi connectivity index (χ1v) is 8.01. The number of nitrogens with zero attached hydrogens (tertiary/aromatic N) is 2. The largest absolute Gasteiger partial charge is 0.434 e. The molecule has 2 aromatic carbocycles. The van der Waals surface area contributed by atoms with E-state index in [1.165, 1.54) is 24.4 Å². The van der Waals surface area contributed by atoms with Crippen molar-refractivity contribution in [1.82, 2.24) is 9.78 Å². The molecule has 1 N–H and O–H groups in total. The van der Waals surface area contributed by atoms with Crippen LogP contribution in [0, 0.1) is 0 Å². The third-order valence-electron chi connectivity index (χ3n) is 3.50. The van der Waals surface area contributed by atoms with Crippen molar-refractivity contribution < 1.29 is 18.3 Å². The van der Waals surface area contributed by atoms with Crippen LogP contribution in [0.1, 0.15) is 15.9 Å². The second-order valence-electron chi connectivity index (χ2n) is 5.38. The Bertz CT molecular complexity index is 897. The summed E-state index contributed by atoms with van der Waals surface area (Å²) in [5.41, 5.74) is 1.44. The van der Waals surface area contributed by atoms with Crippen LogP contribution in [0.25, 0.3) is 0 Å². The topological polar surface area (TPSA) is 56.2 Å². The molecule has 0 unspecified atom stereocenters. The maximum atomic E-state index is 12.5. The SMILES string of the molecule is O=C(Nc1cnn(Cc2ccc(Cl)cc2)c1)c1ccccc1OC(F)F. The Balaban J connectivity index is 1.69. The number of amides is 1. The van der Waals surface area contributed by atoms with Crippen LogP contribution in [-0.4, -0.2) is 22.3 Å². The van der Waals surface area contributed by atoms with Gasteiger partial charge in [-0.3, -0.25) is 9.48 Å². The summed E-state index contributed by atoms with van der Waals surface area (Å²) < 4.78 is 30.9. The van der Waals surface area contributed by atoms with E-state index in [1.807, 2.05) is 12.1 Å². The Kier molecular flexibility index (Phi) is 5.48. The minimum atomic E-state index is -3.01. The molecule has 0 aliphatic heterocycles. The summed E-state index contributed by atoms with van der Waals surface area (Å²) >= 11 is 5.85. The zero-order valence-corrected chi connectivity index (χ0v) is 14.2. The van der Waals surface area contributed by atoms with Crippen molar-refractivity contribution in [1.29, 1.82) is 0 Å². The molecular weight excluding hydrogens is 364 g/mol. The van der Waals surface area contributed by atoms with Gasteiger partial charge in [-0.25, -0.2) is 0 Å². The first-order chi connectivity index (χ1) is 12.5. The van der Waals surface area contributed by atoms with E-state index >= 15 is 0 Å². The minimum absolute atomic E-state index is 0.0123. The lowest BCUT2D eigenvalue weighted by atomic mass is 10.2. The lowest BCUT2D eigenvalue weighted by Gasteiger charge is -2.09. The molecule has 26 heavy (non-hydrogen) atoms. The maximum absolute atomic E-state index is 12.5. The number of benzene rings is 2. The molecule has 0 aliphatic carbocycles. The smallest absolute Gasteiger partial charge is 0.387 e. The number of carbonyl (C=O) groups excluding carboxylic acids is 1. The summed E-state index contributed by atoms with van der Waals surface area (Å²) in [6, 6.07) is 13.1. The van der Waals surface area contributed by atoms with Crippen LogP contribution in [-0.2, 0) is 6.54 Å². The van der Waals surface area contributed by atoms with Gasteiger partial charge in [0, 0.05) is 11.2 Å². The lowest BCUT2D eigenvalue weighted by Crippen LogP contribution is -2.14. The number of hydrogen-bond donors (Lipinski definition) is 1. The van der Waals surface area contributed by atoms with E-state index in [0.717, 1.165) is 5.56 Å². The van der Waals surface area contributed by atoms with Crippen LogP contribution in [0.15, 0.2) is 60.9 Å². The Morgan fingerprint density at radius 2 is 1.92 bits per heavy atom. The van der Waals surface area contributed by atoms with E-state index in [0.29, 0.717) is 17.3 Å². The van der Waals surface area contributed by atoms with E-state index in [4.69, 9.17) is 11.6 Å². The highest BCUT2D eigenvalue weighted by atomic mass is 35.5. The fourth-order valence-corrected chi connectivity index (χ4v) is 2.47. The van der Waals surface area contributed by atoms with E-state index in [-0.39, 0.29) is 11.3 Å². The molecule has 1 amide bonds. The summed E-state index contributed by atoms with van der Waals surface area (Å²) in [5.74, 6) is -0.749. The van der Waals surface area contributed by atoms with Gasteiger partial charge >= 0.3 is 6.61 Å². The third kappa shape index (κ3) is 4.58. The number of alkyl halides is 2. The molecular formula is C18H14ClF2N3O2. The highest BCUT2D eigenvalue weighted by Crippen LogP contribution is 2.21. The molecule has 0 aliphatic rings. The lowest BCUT2D eigenvalue weighted by molar-refractivity contribution is -0.0501. The Morgan fingerprint density at radius 1 is 1.19 bits per heavy atom. The Labute approximate surface area is 153 Å². The summed E-state index contributed by atoms with van der Waals surface area (Å²) in [6.45, 7) is -2.51. The molecule has 1 heterocycles. The average Bonchev–Trinajstić information content (AvgIpc) is 3.04. The number of ether oxygens (including phenoxy) is 1. The maximum Gasteiger partial charge on any atom is 0.387 e. The second-order valence-corrected chi connectivity index (χ2v) is 5.82. The first-order valence-electron chi connectivity index (χ1n) is 7.63. The van der Waals surface area contributed by atoms with Crippen LogP contribution in [0.2, 0.25) is 5.02 Å². The Hall–Kier alpha value is -2.93. The van der Waals surface area contributed by atoms with Crippen LogP contribution in [0.3, 0.4) is 0 Å². The van der Waals surface area contributed by atoms with Gasteiger partial charge in [0.15, 0.2) is 0 Å². The van der Waals surface area contributed by atoms with E-state index in [2.05, 4.69) is 15.2 Å². The number of rotatable bonds is 6. The van der Waals surface area contributed by atoms with Gasteiger partial charge in [-0.2, -0.15) is 13.9 Å². The molecule has 0 saturated carbocycles. The van der Waals surface area contributed by atoms with Crippen molar-refractivity contribution in [2.45, 2.75) is 13.2 Å². The van der Waals surface area contributed by atoms with Gasteiger partial charge in [0.25, 0.3) is 5.91 Å². The quantitative estimate of drug-likeness (QED) is 0.691. The number of hydrogen-bond acceptors (Lipinski definition) is 3. The molecule has 3 rings (SSSR count). The number of aromatic nitrogens is 2. The monoisotopic (exact) mass is 377 g/mol. The van der Waals surface area contributed by atoms with Gasteiger partial charge in [0.05, 0.1) is 24.0 Å². The van der Waals surface area contributed by atoms with Crippen molar-refractivity contribution in [2.24, 2.45) is 0 Å². The van der Waals surface area contributed by atoms with Crippen molar-refractivity contribution in [3.8, 4) is 5.75 Å². The van der Waals surface area contributed by atoms with E-state index in [1.54, 1.807) is 29.1 Å². The van der Waals surface area contributed by atoms with Gasteiger partial charge in [-0.1, -0.05) is 35.9 Å². The van der Waals surface area contributed by atoms with Crippen molar-refractivity contribution in [3.63, 3.8) is 0 Å². The molecule has 8 heteroatoms. The summed E-state index contributed by atoms with van der Waals surface area (Å²) in [6.07, 6.45) is 3.12. The fourth-order valence-electron chi connectivity index (χ4n) is 2.34. The van der Waals surface area contributed by atoms with Crippen LogP contribution < -0.4 is 10.1 Å². The molecule has 134 valence electrons. The third-order valence-corrected chi connectivity index (χ3v) is 3.75. The van der Waals surface area contributed by atoms with Crippen LogP contribution in [0.4, 0.5) is 14.5 Å². The number of para-hydroxylation sites is 1. The molecule has 0 radical (unpaired) electrons. The average molecular weight is 378 g/mol. The highest BCUT2D eigenvalue weighted by Gasteiger charge is 2.16. The molecule has 0 saturated heterocycles. The molecule has 5 nitrogen and oxygen atoms in total. The van der Waals surface area contributed by atoms with Crippen LogP contribution in [0.5, 0.6) is 5.75 Å². The zero-order valence-electron chi connectivity index (χ0n) is 13.4. The molecule has 0 atom stereocenters. The molecule has 0 spiro atoms. The van der Waals surface area contributed by atoms with Gasteiger partial charge in [0.2, 0.25) is 0 Å². The van der Waals surface area contributed by atoms with Crippen molar-refractivity contribution in [3.05, 3.63) is 77.1 Å². The predicted molar refractivity (Wildman–Crippen MR) is 93.8 cm³/mol.